The summed E-state index contributed by atoms with van der Waals surface area (Å²) in [5.74, 6) is 0.161. The van der Waals surface area contributed by atoms with Crippen LogP contribution in [-0.4, -0.2) is 19.1 Å². The fourth-order valence-corrected chi connectivity index (χ4v) is 1.42. The van der Waals surface area contributed by atoms with Crippen molar-refractivity contribution in [3.63, 3.8) is 0 Å². The first-order chi connectivity index (χ1) is 8.63. The second-order valence-electron chi connectivity index (χ2n) is 4.44. The Labute approximate surface area is 109 Å². The quantitative estimate of drug-likeness (QED) is 0.690. The summed E-state index contributed by atoms with van der Waals surface area (Å²) in [6, 6.07) is 7.87. The van der Waals surface area contributed by atoms with Crippen LogP contribution < -0.4 is 15.8 Å². The van der Waals surface area contributed by atoms with Gasteiger partial charge in [0.2, 0.25) is 5.91 Å². The highest BCUT2D eigenvalue weighted by Gasteiger charge is 2.08. The summed E-state index contributed by atoms with van der Waals surface area (Å²) in [6.07, 6.45) is 1.13. The van der Waals surface area contributed by atoms with E-state index >= 15 is 0 Å². The fraction of sp³-hybridized carbons (Fsp3) is 0.500. The highest BCUT2D eigenvalue weighted by molar-refractivity contribution is 5.76. The predicted octanol–water partition coefficient (Wildman–Crippen LogP) is 1.69. The molecule has 1 aromatic carbocycles. The van der Waals surface area contributed by atoms with Gasteiger partial charge in [0.15, 0.2) is 0 Å². The number of ether oxygens (including phenoxy) is 1. The summed E-state index contributed by atoms with van der Waals surface area (Å²) in [5.41, 5.74) is 6.39. The van der Waals surface area contributed by atoms with Gasteiger partial charge in [-0.3, -0.25) is 4.79 Å². The summed E-state index contributed by atoms with van der Waals surface area (Å²) in [7, 11) is 0. The van der Waals surface area contributed by atoms with E-state index in [0.29, 0.717) is 6.61 Å². The molecule has 1 amide bonds. The Kier molecular flexibility index (Phi) is 6.22. The molecule has 1 unspecified atom stereocenters. The van der Waals surface area contributed by atoms with Gasteiger partial charge in [-0.05, 0) is 30.7 Å². The van der Waals surface area contributed by atoms with Crippen molar-refractivity contribution in [1.82, 2.24) is 5.32 Å². The fourth-order valence-electron chi connectivity index (χ4n) is 1.42. The van der Waals surface area contributed by atoms with E-state index in [1.165, 1.54) is 5.56 Å². The van der Waals surface area contributed by atoms with E-state index in [1.807, 2.05) is 24.3 Å². The van der Waals surface area contributed by atoms with Crippen molar-refractivity contribution in [2.24, 2.45) is 11.7 Å². The molecule has 0 aliphatic heterocycles. The Balaban J connectivity index is 2.38. The van der Waals surface area contributed by atoms with Crippen LogP contribution in [0.25, 0.3) is 0 Å². The minimum Gasteiger partial charge on any atom is -0.493 e. The third kappa shape index (κ3) is 5.19. The number of amides is 1. The van der Waals surface area contributed by atoms with Gasteiger partial charge < -0.3 is 15.8 Å². The highest BCUT2D eigenvalue weighted by Crippen LogP contribution is 2.13. The van der Waals surface area contributed by atoms with E-state index < -0.39 is 0 Å². The minimum absolute atomic E-state index is 0.268. The molecule has 4 nitrogen and oxygen atoms in total. The summed E-state index contributed by atoms with van der Waals surface area (Å²) in [6.45, 7) is 6.11. The number of primary amides is 1. The number of hydrogen-bond acceptors (Lipinski definition) is 3. The van der Waals surface area contributed by atoms with E-state index in [2.05, 4.69) is 12.2 Å². The van der Waals surface area contributed by atoms with Crippen molar-refractivity contribution < 1.29 is 9.53 Å². The van der Waals surface area contributed by atoms with Crippen molar-refractivity contribution in [3.05, 3.63) is 29.8 Å². The third-order valence-corrected chi connectivity index (χ3v) is 2.66. The monoisotopic (exact) mass is 250 g/mol. The first-order valence-electron chi connectivity index (χ1n) is 6.35. The largest absolute Gasteiger partial charge is 0.493 e. The van der Waals surface area contributed by atoms with Crippen LogP contribution in [0.2, 0.25) is 0 Å². The molecule has 1 atom stereocenters. The maximum atomic E-state index is 10.9. The van der Waals surface area contributed by atoms with Crippen molar-refractivity contribution in [1.29, 1.82) is 0 Å². The molecule has 0 aliphatic carbocycles. The van der Waals surface area contributed by atoms with Crippen LogP contribution in [0.3, 0.4) is 0 Å². The Morgan fingerprint density at radius 3 is 2.61 bits per heavy atom. The highest BCUT2D eigenvalue weighted by atomic mass is 16.5. The molecule has 0 radical (unpaired) electrons. The number of nitrogens with two attached hydrogens (primary N) is 1. The number of nitrogens with one attached hydrogen (secondary N) is 1. The third-order valence-electron chi connectivity index (χ3n) is 2.66. The topological polar surface area (TPSA) is 64.3 Å². The van der Waals surface area contributed by atoms with Gasteiger partial charge in [0.25, 0.3) is 0 Å². The minimum atomic E-state index is -0.338. The second kappa shape index (κ2) is 7.71. The molecule has 0 aromatic heterocycles. The lowest BCUT2D eigenvalue weighted by atomic mass is 10.2. The molecule has 0 bridgehead atoms. The molecule has 1 rings (SSSR count). The lowest BCUT2D eigenvalue weighted by molar-refractivity contribution is -0.122. The van der Waals surface area contributed by atoms with Crippen LogP contribution >= 0.6 is 0 Å². The van der Waals surface area contributed by atoms with Crippen LogP contribution in [-0.2, 0) is 11.3 Å². The van der Waals surface area contributed by atoms with Crippen LogP contribution in [0.5, 0.6) is 5.75 Å². The van der Waals surface area contributed by atoms with Crippen molar-refractivity contribution in [3.8, 4) is 5.75 Å². The average Bonchev–Trinajstić information content (AvgIpc) is 2.37. The summed E-state index contributed by atoms with van der Waals surface area (Å²) < 4.78 is 5.49. The Morgan fingerprint density at radius 2 is 2.06 bits per heavy atom. The zero-order chi connectivity index (χ0) is 13.4. The maximum Gasteiger partial charge on any atom is 0.223 e. The van der Waals surface area contributed by atoms with E-state index in [9.17, 15) is 4.79 Å². The lowest BCUT2D eigenvalue weighted by Crippen LogP contribution is -2.25. The normalized spacial score (nSPS) is 12.1. The summed E-state index contributed by atoms with van der Waals surface area (Å²) in [5, 5.41) is 3.33. The molecule has 0 spiro atoms. The Hall–Kier alpha value is -1.55. The predicted molar refractivity (Wildman–Crippen MR) is 72.3 cm³/mol. The first-order valence-corrected chi connectivity index (χ1v) is 6.35. The van der Waals surface area contributed by atoms with Crippen LogP contribution in [0.15, 0.2) is 24.3 Å². The molecule has 100 valence electrons. The van der Waals surface area contributed by atoms with Gasteiger partial charge in [-0.15, -0.1) is 0 Å². The van der Waals surface area contributed by atoms with Crippen LogP contribution in [0, 0.1) is 5.92 Å². The van der Waals surface area contributed by atoms with Crippen molar-refractivity contribution in [2.45, 2.75) is 26.8 Å². The number of carbonyl (C=O) groups excluding carboxylic acids is 1. The molecule has 3 N–H and O–H groups in total. The maximum absolute atomic E-state index is 10.9. The molecule has 0 aliphatic rings. The molecule has 1 aromatic rings. The number of carbonyl (C=O) groups is 1. The van der Waals surface area contributed by atoms with Gasteiger partial charge in [0.05, 0.1) is 12.5 Å². The van der Waals surface area contributed by atoms with Gasteiger partial charge in [0.1, 0.15) is 5.75 Å². The Bertz CT molecular complexity index is 363. The zero-order valence-electron chi connectivity index (χ0n) is 11.1. The molecule has 18 heavy (non-hydrogen) atoms. The summed E-state index contributed by atoms with van der Waals surface area (Å²) in [4.78, 5) is 10.9. The standard InChI is InChI=1S/C14H22N2O2/c1-3-8-16-9-12-4-6-13(7-5-12)18-10-11(2)14(15)17/h4-7,11,16H,3,8-10H2,1-2H3,(H2,15,17). The van der Waals surface area contributed by atoms with Crippen LogP contribution in [0.1, 0.15) is 25.8 Å². The molecular weight excluding hydrogens is 228 g/mol. The van der Waals surface area contributed by atoms with Gasteiger partial charge in [-0.25, -0.2) is 0 Å². The van der Waals surface area contributed by atoms with Gasteiger partial charge in [-0.1, -0.05) is 26.0 Å². The summed E-state index contributed by atoms with van der Waals surface area (Å²) >= 11 is 0. The Morgan fingerprint density at radius 1 is 1.39 bits per heavy atom. The number of benzene rings is 1. The van der Waals surface area contributed by atoms with Gasteiger partial charge in [0, 0.05) is 6.54 Å². The van der Waals surface area contributed by atoms with Crippen molar-refractivity contribution in [2.75, 3.05) is 13.2 Å². The molecule has 0 saturated heterocycles. The SMILES string of the molecule is CCCNCc1ccc(OCC(C)C(N)=O)cc1. The first kappa shape index (κ1) is 14.5. The number of hydrogen-bond donors (Lipinski definition) is 2. The van der Waals surface area contributed by atoms with E-state index in [4.69, 9.17) is 10.5 Å². The van der Waals surface area contributed by atoms with Crippen molar-refractivity contribution >= 4 is 5.91 Å². The van der Waals surface area contributed by atoms with E-state index in [-0.39, 0.29) is 11.8 Å². The van der Waals surface area contributed by atoms with Crippen LogP contribution in [0.4, 0.5) is 0 Å². The van der Waals surface area contributed by atoms with Gasteiger partial charge >= 0.3 is 0 Å². The molecular formula is C14H22N2O2. The molecule has 0 heterocycles. The molecule has 0 saturated carbocycles. The molecule has 0 fully saturated rings. The number of rotatable bonds is 8. The zero-order valence-corrected chi connectivity index (χ0v) is 11.1. The smallest absolute Gasteiger partial charge is 0.223 e. The van der Waals surface area contributed by atoms with E-state index in [0.717, 1.165) is 25.3 Å². The van der Waals surface area contributed by atoms with E-state index in [1.54, 1.807) is 6.92 Å². The second-order valence-corrected chi connectivity index (χ2v) is 4.44. The van der Waals surface area contributed by atoms with Gasteiger partial charge in [-0.2, -0.15) is 0 Å². The average molecular weight is 250 g/mol. The molecule has 4 heteroatoms. The lowest BCUT2D eigenvalue weighted by Gasteiger charge is -2.10.